The van der Waals surface area contributed by atoms with Gasteiger partial charge in [0.05, 0.1) is 6.61 Å². The fourth-order valence-electron chi connectivity index (χ4n) is 2.51. The van der Waals surface area contributed by atoms with E-state index in [0.717, 1.165) is 39.3 Å². The van der Waals surface area contributed by atoms with Gasteiger partial charge in [-0.2, -0.15) is 0 Å². The summed E-state index contributed by atoms with van der Waals surface area (Å²) in [5.74, 6) is 0.697. The van der Waals surface area contributed by atoms with Crippen molar-refractivity contribution in [3.05, 3.63) is 0 Å². The third-order valence-corrected chi connectivity index (χ3v) is 3.27. The van der Waals surface area contributed by atoms with Gasteiger partial charge in [-0.1, -0.05) is 13.8 Å². The van der Waals surface area contributed by atoms with Crippen molar-refractivity contribution < 1.29 is 4.74 Å². The Morgan fingerprint density at radius 3 is 2.67 bits per heavy atom. The van der Waals surface area contributed by atoms with E-state index in [4.69, 9.17) is 10.5 Å². The molecule has 0 bridgehead atoms. The zero-order valence-electron chi connectivity index (χ0n) is 10.5. The minimum atomic E-state index is 0.155. The second-order valence-corrected chi connectivity index (χ2v) is 5.25. The first-order valence-electron chi connectivity index (χ1n) is 6.11. The smallest absolute Gasteiger partial charge is 0.0593 e. The van der Waals surface area contributed by atoms with Gasteiger partial charge < -0.3 is 10.5 Å². The Morgan fingerprint density at radius 2 is 2.07 bits per heavy atom. The third-order valence-electron chi connectivity index (χ3n) is 3.27. The molecule has 0 aromatic heterocycles. The Morgan fingerprint density at radius 1 is 1.33 bits per heavy atom. The summed E-state index contributed by atoms with van der Waals surface area (Å²) < 4.78 is 5.49. The maximum absolute atomic E-state index is 5.95. The van der Waals surface area contributed by atoms with Crippen LogP contribution in [0, 0.1) is 5.92 Å². The highest BCUT2D eigenvalue weighted by Crippen LogP contribution is 2.24. The Balaban J connectivity index is 2.60. The van der Waals surface area contributed by atoms with Crippen molar-refractivity contribution in [2.75, 3.05) is 32.8 Å². The van der Waals surface area contributed by atoms with Crippen LogP contribution in [0.1, 0.15) is 33.6 Å². The average molecular weight is 214 g/mol. The van der Waals surface area contributed by atoms with E-state index >= 15 is 0 Å². The molecule has 1 aliphatic heterocycles. The molecule has 2 N–H and O–H groups in total. The Bertz CT molecular complexity index is 176. The third kappa shape index (κ3) is 3.74. The van der Waals surface area contributed by atoms with Crippen molar-refractivity contribution in [3.8, 4) is 0 Å². The van der Waals surface area contributed by atoms with E-state index in [1.165, 1.54) is 6.42 Å². The van der Waals surface area contributed by atoms with Crippen LogP contribution >= 0.6 is 0 Å². The number of rotatable bonds is 4. The average Bonchev–Trinajstić information content (AvgIpc) is 2.44. The molecule has 1 atom stereocenters. The lowest BCUT2D eigenvalue weighted by atomic mass is 9.88. The molecule has 90 valence electrons. The largest absolute Gasteiger partial charge is 0.380 e. The molecule has 0 radical (unpaired) electrons. The highest BCUT2D eigenvalue weighted by Gasteiger charge is 2.31. The molecule has 1 fully saturated rings. The molecule has 1 rings (SSSR count). The lowest BCUT2D eigenvalue weighted by Gasteiger charge is -2.41. The zero-order valence-corrected chi connectivity index (χ0v) is 10.5. The van der Waals surface area contributed by atoms with Crippen LogP contribution in [0.3, 0.4) is 0 Å². The molecule has 0 aromatic carbocycles. The lowest BCUT2D eigenvalue weighted by Crippen LogP contribution is -2.53. The fraction of sp³-hybridized carbons (Fsp3) is 1.00. The van der Waals surface area contributed by atoms with Gasteiger partial charge in [-0.25, -0.2) is 0 Å². The first-order valence-corrected chi connectivity index (χ1v) is 6.11. The van der Waals surface area contributed by atoms with Crippen LogP contribution in [0.2, 0.25) is 0 Å². The molecule has 1 saturated heterocycles. The number of hydrogen-bond donors (Lipinski definition) is 1. The number of nitrogens with zero attached hydrogens (tertiary/aromatic N) is 1. The number of nitrogens with two attached hydrogens (primary N) is 1. The molecule has 15 heavy (non-hydrogen) atoms. The molecule has 0 spiro atoms. The maximum atomic E-state index is 5.95. The normalized spacial score (nSPS) is 23.8. The van der Waals surface area contributed by atoms with Gasteiger partial charge in [0.1, 0.15) is 0 Å². The van der Waals surface area contributed by atoms with Crippen molar-refractivity contribution in [1.82, 2.24) is 4.90 Å². The van der Waals surface area contributed by atoms with Gasteiger partial charge in [-0.3, -0.25) is 4.90 Å². The second-order valence-electron chi connectivity index (χ2n) is 5.25. The van der Waals surface area contributed by atoms with E-state index in [9.17, 15) is 0 Å². The number of ether oxygens (including phenoxy) is 1. The minimum Gasteiger partial charge on any atom is -0.380 e. The summed E-state index contributed by atoms with van der Waals surface area (Å²) in [5, 5.41) is 0. The fourth-order valence-corrected chi connectivity index (χ4v) is 2.51. The van der Waals surface area contributed by atoms with Crippen molar-refractivity contribution in [3.63, 3.8) is 0 Å². The first-order chi connectivity index (χ1) is 7.08. The van der Waals surface area contributed by atoms with E-state index in [-0.39, 0.29) is 5.54 Å². The van der Waals surface area contributed by atoms with Crippen molar-refractivity contribution in [2.45, 2.75) is 39.2 Å². The molecule has 1 unspecified atom stereocenters. The van der Waals surface area contributed by atoms with Crippen LogP contribution in [0.5, 0.6) is 0 Å². The van der Waals surface area contributed by atoms with E-state index in [2.05, 4.69) is 25.7 Å². The molecular formula is C12H26N2O. The molecule has 1 aliphatic rings. The monoisotopic (exact) mass is 214 g/mol. The maximum Gasteiger partial charge on any atom is 0.0593 e. The Labute approximate surface area is 94.0 Å². The zero-order chi connectivity index (χ0) is 11.3. The molecule has 0 aliphatic carbocycles. The first kappa shape index (κ1) is 12.9. The molecule has 3 nitrogen and oxygen atoms in total. The molecule has 0 saturated carbocycles. The van der Waals surface area contributed by atoms with Gasteiger partial charge in [0.25, 0.3) is 0 Å². The van der Waals surface area contributed by atoms with Crippen LogP contribution < -0.4 is 5.73 Å². The van der Waals surface area contributed by atoms with Gasteiger partial charge in [0.15, 0.2) is 0 Å². The van der Waals surface area contributed by atoms with Gasteiger partial charge in [0.2, 0.25) is 0 Å². The van der Waals surface area contributed by atoms with Crippen molar-refractivity contribution >= 4 is 0 Å². The summed E-state index contributed by atoms with van der Waals surface area (Å²) >= 11 is 0. The summed E-state index contributed by atoms with van der Waals surface area (Å²) in [6.07, 6.45) is 2.30. The van der Waals surface area contributed by atoms with Crippen LogP contribution in [0.15, 0.2) is 0 Å². The van der Waals surface area contributed by atoms with Crippen LogP contribution in [0.4, 0.5) is 0 Å². The molecule has 3 heteroatoms. The molecular weight excluding hydrogens is 188 g/mol. The van der Waals surface area contributed by atoms with E-state index in [0.29, 0.717) is 5.92 Å². The topological polar surface area (TPSA) is 38.5 Å². The van der Waals surface area contributed by atoms with Gasteiger partial charge in [-0.15, -0.1) is 0 Å². The lowest BCUT2D eigenvalue weighted by molar-refractivity contribution is 0.0788. The minimum absolute atomic E-state index is 0.155. The molecule has 0 aromatic rings. The van der Waals surface area contributed by atoms with Gasteiger partial charge in [0, 0.05) is 31.8 Å². The predicted molar refractivity (Wildman–Crippen MR) is 63.9 cm³/mol. The van der Waals surface area contributed by atoms with E-state index in [1.807, 2.05) is 0 Å². The summed E-state index contributed by atoms with van der Waals surface area (Å²) in [6, 6.07) is 0. The predicted octanol–water partition coefficient (Wildman–Crippen LogP) is 1.47. The molecule has 1 heterocycles. The van der Waals surface area contributed by atoms with E-state index < -0.39 is 0 Å². The molecule has 0 amide bonds. The highest BCUT2D eigenvalue weighted by atomic mass is 16.5. The van der Waals surface area contributed by atoms with Crippen LogP contribution in [-0.2, 0) is 4.74 Å². The van der Waals surface area contributed by atoms with Gasteiger partial charge in [-0.05, 0) is 25.7 Å². The van der Waals surface area contributed by atoms with E-state index in [1.54, 1.807) is 0 Å². The summed E-state index contributed by atoms with van der Waals surface area (Å²) in [6.45, 7) is 11.5. The van der Waals surface area contributed by atoms with Gasteiger partial charge >= 0.3 is 0 Å². The van der Waals surface area contributed by atoms with Crippen LogP contribution in [0.25, 0.3) is 0 Å². The quantitative estimate of drug-likeness (QED) is 0.770. The summed E-state index contributed by atoms with van der Waals surface area (Å²) in [4.78, 5) is 2.51. The summed E-state index contributed by atoms with van der Waals surface area (Å²) in [5.41, 5.74) is 6.11. The standard InChI is InChI=1S/C12H26N2O/c1-11(2)9-12(3,10-13)14-5-4-7-15-8-6-14/h11H,4-10,13H2,1-3H3. The van der Waals surface area contributed by atoms with Crippen molar-refractivity contribution in [1.29, 1.82) is 0 Å². The Hall–Kier alpha value is -0.120. The van der Waals surface area contributed by atoms with Crippen LogP contribution in [-0.4, -0.2) is 43.3 Å². The van der Waals surface area contributed by atoms with Crippen molar-refractivity contribution in [2.24, 2.45) is 11.7 Å². The number of hydrogen-bond acceptors (Lipinski definition) is 3. The summed E-state index contributed by atoms with van der Waals surface area (Å²) in [7, 11) is 0. The SMILES string of the molecule is CC(C)CC(C)(CN)N1CCCOCC1. The highest BCUT2D eigenvalue weighted by molar-refractivity contribution is 4.88. The second kappa shape index (κ2) is 5.83. The Kier molecular flexibility index (Phi) is 5.03.